The minimum absolute atomic E-state index is 0.965. The van der Waals surface area contributed by atoms with Crippen molar-refractivity contribution in [1.29, 1.82) is 0 Å². The van der Waals surface area contributed by atoms with Gasteiger partial charge in [-0.25, -0.2) is 4.98 Å². The summed E-state index contributed by atoms with van der Waals surface area (Å²) in [6.45, 7) is 2.05. The van der Waals surface area contributed by atoms with Crippen molar-refractivity contribution in [2.24, 2.45) is 0 Å². The Morgan fingerprint density at radius 2 is 1.14 bits per heavy atom. The summed E-state index contributed by atoms with van der Waals surface area (Å²) in [6.07, 6.45) is 0. The van der Waals surface area contributed by atoms with Gasteiger partial charge in [-0.3, -0.25) is 4.98 Å². The second-order valence-electron chi connectivity index (χ2n) is 6.72. The Kier molecular flexibility index (Phi) is 4.22. The quantitative estimate of drug-likeness (QED) is 0.338. The van der Waals surface area contributed by atoms with Crippen LogP contribution in [-0.2, 0) is 0 Å². The van der Waals surface area contributed by atoms with Crippen LogP contribution in [0.15, 0.2) is 91.0 Å². The average Bonchev–Trinajstić information content (AvgIpc) is 3.21. The molecule has 2 nitrogen and oxygen atoms in total. The molecule has 0 amide bonds. The van der Waals surface area contributed by atoms with E-state index in [4.69, 9.17) is 9.97 Å². The molecule has 0 unspecified atom stereocenters. The van der Waals surface area contributed by atoms with Gasteiger partial charge in [0.15, 0.2) is 0 Å². The third-order valence-electron chi connectivity index (χ3n) is 4.84. The van der Waals surface area contributed by atoms with E-state index in [1.807, 2.05) is 18.2 Å². The summed E-state index contributed by atoms with van der Waals surface area (Å²) in [7, 11) is 0. The molecule has 28 heavy (non-hydrogen) atoms. The van der Waals surface area contributed by atoms with Crippen LogP contribution in [0.1, 0.15) is 5.69 Å². The number of benzene rings is 3. The first kappa shape index (κ1) is 16.8. The van der Waals surface area contributed by atoms with Crippen LogP contribution in [0, 0.1) is 6.92 Å². The van der Waals surface area contributed by atoms with Crippen LogP contribution in [0.3, 0.4) is 0 Å². The Labute approximate surface area is 168 Å². The van der Waals surface area contributed by atoms with Gasteiger partial charge in [-0.1, -0.05) is 91.0 Å². The fourth-order valence-electron chi connectivity index (χ4n) is 3.50. The lowest BCUT2D eigenvalue weighted by molar-refractivity contribution is 1.22. The average molecular weight is 379 g/mol. The lowest BCUT2D eigenvalue weighted by Gasteiger charge is -2.12. The molecule has 134 valence electrons. The van der Waals surface area contributed by atoms with Crippen LogP contribution in [0.4, 0.5) is 0 Å². The molecule has 3 heteroatoms. The van der Waals surface area contributed by atoms with Gasteiger partial charge in [-0.05, 0) is 12.5 Å². The highest BCUT2D eigenvalue weighted by Gasteiger charge is 2.19. The highest BCUT2D eigenvalue weighted by Crippen LogP contribution is 2.42. The molecule has 0 bridgehead atoms. The van der Waals surface area contributed by atoms with Crippen LogP contribution in [-0.4, -0.2) is 9.97 Å². The predicted octanol–water partition coefficient (Wildman–Crippen LogP) is 7.00. The summed E-state index contributed by atoms with van der Waals surface area (Å²) in [6, 6.07) is 31.3. The first-order valence-electron chi connectivity index (χ1n) is 9.28. The van der Waals surface area contributed by atoms with Gasteiger partial charge in [-0.2, -0.15) is 0 Å². The molecular weight excluding hydrogens is 360 g/mol. The Morgan fingerprint density at radius 1 is 0.607 bits per heavy atom. The van der Waals surface area contributed by atoms with Gasteiger partial charge in [0, 0.05) is 16.7 Å². The zero-order chi connectivity index (χ0) is 18.9. The van der Waals surface area contributed by atoms with Gasteiger partial charge in [0.1, 0.15) is 10.5 Å². The Hall–Kier alpha value is -3.30. The van der Waals surface area contributed by atoms with E-state index >= 15 is 0 Å². The number of hydrogen-bond donors (Lipinski definition) is 0. The highest BCUT2D eigenvalue weighted by molar-refractivity contribution is 7.22. The zero-order valence-electron chi connectivity index (χ0n) is 15.5. The van der Waals surface area contributed by atoms with E-state index in [9.17, 15) is 0 Å². The summed E-state index contributed by atoms with van der Waals surface area (Å²) in [4.78, 5) is 9.96. The second-order valence-corrected chi connectivity index (χ2v) is 7.71. The standard InChI is InChI=1S/C25H18N2S/c1-17-22-24(28-25(27-22)20-15-9-4-10-16-20)21(18-11-5-2-6-12-18)23(26-17)19-13-7-3-8-14-19/h2-16H,1H3. The maximum absolute atomic E-state index is 5.00. The van der Waals surface area contributed by atoms with Crippen molar-refractivity contribution >= 4 is 21.6 Å². The Balaban J connectivity index is 1.85. The van der Waals surface area contributed by atoms with Crippen LogP contribution >= 0.6 is 11.3 Å². The van der Waals surface area contributed by atoms with Crippen LogP contribution < -0.4 is 0 Å². The molecule has 0 aliphatic rings. The predicted molar refractivity (Wildman–Crippen MR) is 118 cm³/mol. The molecule has 0 N–H and O–H groups in total. The normalized spacial score (nSPS) is 11.0. The van der Waals surface area contributed by atoms with Crippen molar-refractivity contribution in [1.82, 2.24) is 9.97 Å². The van der Waals surface area contributed by atoms with Gasteiger partial charge in [0.2, 0.25) is 0 Å². The van der Waals surface area contributed by atoms with Crippen LogP contribution in [0.2, 0.25) is 0 Å². The van der Waals surface area contributed by atoms with Gasteiger partial charge in [0.05, 0.1) is 16.1 Å². The lowest BCUT2D eigenvalue weighted by atomic mass is 9.98. The maximum atomic E-state index is 5.00. The lowest BCUT2D eigenvalue weighted by Crippen LogP contribution is -1.94. The van der Waals surface area contributed by atoms with Gasteiger partial charge < -0.3 is 0 Å². The number of thiazole rings is 1. The summed E-state index contributed by atoms with van der Waals surface area (Å²) >= 11 is 1.74. The van der Waals surface area contributed by atoms with Gasteiger partial charge in [-0.15, -0.1) is 11.3 Å². The molecule has 5 aromatic rings. The zero-order valence-corrected chi connectivity index (χ0v) is 16.3. The molecule has 0 atom stereocenters. The molecule has 0 fully saturated rings. The minimum Gasteiger partial charge on any atom is -0.250 e. The molecule has 3 aromatic carbocycles. The van der Waals surface area contributed by atoms with Crippen molar-refractivity contribution in [3.8, 4) is 33.0 Å². The number of pyridine rings is 1. The molecule has 0 saturated heterocycles. The minimum atomic E-state index is 0.965. The largest absolute Gasteiger partial charge is 0.250 e. The molecule has 0 radical (unpaired) electrons. The Morgan fingerprint density at radius 3 is 1.75 bits per heavy atom. The van der Waals surface area contributed by atoms with Gasteiger partial charge >= 0.3 is 0 Å². The summed E-state index contributed by atoms with van der Waals surface area (Å²) in [5, 5.41) is 1.03. The molecular formula is C25H18N2S. The van der Waals surface area contributed by atoms with E-state index in [0.29, 0.717) is 0 Å². The van der Waals surface area contributed by atoms with Crippen molar-refractivity contribution in [3.05, 3.63) is 96.7 Å². The Bertz CT molecular complexity index is 1240. The molecule has 0 saturated carbocycles. The number of fused-ring (bicyclic) bond motifs is 1. The third-order valence-corrected chi connectivity index (χ3v) is 5.97. The van der Waals surface area contributed by atoms with Crippen LogP contribution in [0.5, 0.6) is 0 Å². The fraction of sp³-hybridized carbons (Fsp3) is 0.0400. The van der Waals surface area contributed by atoms with E-state index < -0.39 is 0 Å². The van der Waals surface area contributed by atoms with Crippen molar-refractivity contribution in [2.75, 3.05) is 0 Å². The van der Waals surface area contributed by atoms with Crippen LogP contribution in [0.25, 0.3) is 43.2 Å². The first-order valence-corrected chi connectivity index (χ1v) is 10.1. The van der Waals surface area contributed by atoms with Crippen molar-refractivity contribution in [3.63, 3.8) is 0 Å². The topological polar surface area (TPSA) is 25.8 Å². The van der Waals surface area contributed by atoms with E-state index in [1.54, 1.807) is 11.3 Å². The van der Waals surface area contributed by atoms with E-state index in [0.717, 1.165) is 38.6 Å². The van der Waals surface area contributed by atoms with Gasteiger partial charge in [0.25, 0.3) is 0 Å². The maximum Gasteiger partial charge on any atom is 0.124 e. The first-order chi connectivity index (χ1) is 13.8. The van der Waals surface area contributed by atoms with Crippen molar-refractivity contribution < 1.29 is 0 Å². The number of nitrogens with zero attached hydrogens (tertiary/aromatic N) is 2. The number of hydrogen-bond acceptors (Lipinski definition) is 3. The molecule has 2 aromatic heterocycles. The number of rotatable bonds is 3. The van der Waals surface area contributed by atoms with E-state index in [1.165, 1.54) is 10.3 Å². The van der Waals surface area contributed by atoms with Crippen molar-refractivity contribution in [2.45, 2.75) is 6.92 Å². The third kappa shape index (κ3) is 2.90. The molecule has 0 aliphatic carbocycles. The number of aromatic nitrogens is 2. The molecule has 0 aliphatic heterocycles. The number of aryl methyl sites for hydroxylation is 1. The summed E-state index contributed by atoms with van der Waals surface area (Å²) in [5.74, 6) is 0. The molecule has 2 heterocycles. The molecule has 5 rings (SSSR count). The summed E-state index contributed by atoms with van der Waals surface area (Å²) in [5.41, 5.74) is 7.56. The molecule has 0 spiro atoms. The second kappa shape index (κ2) is 7.02. The summed E-state index contributed by atoms with van der Waals surface area (Å²) < 4.78 is 1.19. The SMILES string of the molecule is Cc1nc(-c2ccccc2)c(-c2ccccc2)c2sc(-c3ccccc3)nc12. The van der Waals surface area contributed by atoms with E-state index in [2.05, 4.69) is 79.7 Å². The fourth-order valence-corrected chi connectivity index (χ4v) is 4.69. The smallest absolute Gasteiger partial charge is 0.124 e. The monoisotopic (exact) mass is 378 g/mol. The highest BCUT2D eigenvalue weighted by atomic mass is 32.1. The van der Waals surface area contributed by atoms with E-state index in [-0.39, 0.29) is 0 Å².